The molecular formula is C17H34O4Si2. The van der Waals surface area contributed by atoms with E-state index in [4.69, 9.17) is 13.3 Å². The molecule has 0 aromatic carbocycles. The van der Waals surface area contributed by atoms with E-state index in [2.05, 4.69) is 40.4 Å². The average molecular weight is 359 g/mol. The van der Waals surface area contributed by atoms with Crippen LogP contribution < -0.4 is 0 Å². The van der Waals surface area contributed by atoms with Crippen molar-refractivity contribution in [3.8, 4) is 0 Å². The highest BCUT2D eigenvalue weighted by Gasteiger charge is 2.57. The van der Waals surface area contributed by atoms with Gasteiger partial charge in [-0.15, -0.1) is 0 Å². The molecule has 4 unspecified atom stereocenters. The smallest absolute Gasteiger partial charge is 0.337 e. The fraction of sp³-hybridized carbons (Fsp3) is 0.941. The van der Waals surface area contributed by atoms with Crippen LogP contribution in [0.5, 0.6) is 0 Å². The number of hydrogen-bond acceptors (Lipinski definition) is 4. The van der Waals surface area contributed by atoms with E-state index in [1.165, 1.54) is 0 Å². The van der Waals surface area contributed by atoms with Crippen LogP contribution in [-0.2, 0) is 18.1 Å². The molecule has 0 aliphatic heterocycles. The normalized spacial score (nSPS) is 31.5. The third kappa shape index (κ3) is 3.45. The van der Waals surface area contributed by atoms with Gasteiger partial charge in [0.2, 0.25) is 0 Å². The highest BCUT2D eigenvalue weighted by atomic mass is 28.4. The highest BCUT2D eigenvalue weighted by molar-refractivity contribution is 6.75. The Balaban J connectivity index is 2.02. The third-order valence-electron chi connectivity index (χ3n) is 6.81. The SMILES string of the molecule is CO[Si](C)(OC)C1CC2CC1CC2C(=O)O[Si](C)(C)C(C)(C)C. The zero-order valence-corrected chi connectivity index (χ0v) is 18.1. The first-order chi connectivity index (χ1) is 10.4. The van der Waals surface area contributed by atoms with Crippen LogP contribution in [-0.4, -0.2) is 37.1 Å². The van der Waals surface area contributed by atoms with Gasteiger partial charge in [0, 0.05) is 19.8 Å². The molecule has 0 aromatic rings. The lowest BCUT2D eigenvalue weighted by molar-refractivity contribution is -0.141. The Kier molecular flexibility index (Phi) is 5.23. The minimum absolute atomic E-state index is 0.0562. The summed E-state index contributed by atoms with van der Waals surface area (Å²) >= 11 is 0. The van der Waals surface area contributed by atoms with Gasteiger partial charge >= 0.3 is 8.56 Å². The van der Waals surface area contributed by atoms with Gasteiger partial charge < -0.3 is 13.3 Å². The van der Waals surface area contributed by atoms with E-state index in [0.717, 1.165) is 19.3 Å². The van der Waals surface area contributed by atoms with Crippen LogP contribution in [0.15, 0.2) is 0 Å². The third-order valence-corrected chi connectivity index (χ3v) is 14.8. The Morgan fingerprint density at radius 3 is 1.91 bits per heavy atom. The lowest BCUT2D eigenvalue weighted by Gasteiger charge is -2.39. The van der Waals surface area contributed by atoms with Crippen LogP contribution in [0.25, 0.3) is 0 Å². The Bertz CT molecular complexity index is 454. The first-order valence-corrected chi connectivity index (χ1v) is 14.1. The zero-order chi connectivity index (χ0) is 17.6. The minimum Gasteiger partial charge on any atom is -0.519 e. The van der Waals surface area contributed by atoms with E-state index >= 15 is 0 Å². The molecule has 23 heavy (non-hydrogen) atoms. The van der Waals surface area contributed by atoms with Crippen molar-refractivity contribution in [1.82, 2.24) is 0 Å². The summed E-state index contributed by atoms with van der Waals surface area (Å²) in [6, 6.07) is 0. The van der Waals surface area contributed by atoms with Crippen LogP contribution in [0.3, 0.4) is 0 Å². The molecule has 0 aromatic heterocycles. The Hall–Kier alpha value is -0.176. The van der Waals surface area contributed by atoms with Crippen LogP contribution in [0, 0.1) is 17.8 Å². The molecule has 2 aliphatic carbocycles. The van der Waals surface area contributed by atoms with Crippen molar-refractivity contribution in [3.63, 3.8) is 0 Å². The molecule has 0 amide bonds. The molecule has 134 valence electrons. The maximum atomic E-state index is 12.8. The summed E-state index contributed by atoms with van der Waals surface area (Å²) in [5.41, 5.74) is 0.513. The second-order valence-corrected chi connectivity index (χ2v) is 17.4. The predicted octanol–water partition coefficient (Wildman–Crippen LogP) is 4.32. The molecular weight excluding hydrogens is 324 g/mol. The van der Waals surface area contributed by atoms with Gasteiger partial charge in [-0.2, -0.15) is 0 Å². The first kappa shape index (κ1) is 19.2. The van der Waals surface area contributed by atoms with Gasteiger partial charge in [0.1, 0.15) is 0 Å². The van der Waals surface area contributed by atoms with E-state index in [-0.39, 0.29) is 16.9 Å². The molecule has 2 aliphatic rings. The van der Waals surface area contributed by atoms with Gasteiger partial charge in [0.25, 0.3) is 14.3 Å². The molecule has 0 radical (unpaired) electrons. The Morgan fingerprint density at radius 2 is 1.52 bits per heavy atom. The zero-order valence-electron chi connectivity index (χ0n) is 16.1. The Morgan fingerprint density at radius 1 is 0.957 bits per heavy atom. The monoisotopic (exact) mass is 358 g/mol. The molecule has 0 saturated heterocycles. The van der Waals surface area contributed by atoms with Crippen molar-refractivity contribution >= 4 is 22.8 Å². The molecule has 4 nitrogen and oxygen atoms in total. The van der Waals surface area contributed by atoms with Crippen molar-refractivity contribution < 1.29 is 18.1 Å². The van der Waals surface area contributed by atoms with Crippen molar-refractivity contribution in [3.05, 3.63) is 0 Å². The number of carbonyl (C=O) groups is 1. The molecule has 0 N–H and O–H groups in total. The lowest BCUT2D eigenvalue weighted by Crippen LogP contribution is -2.47. The molecule has 0 heterocycles. The summed E-state index contributed by atoms with van der Waals surface area (Å²) in [5.74, 6) is 1.17. The maximum Gasteiger partial charge on any atom is 0.337 e. The number of fused-ring (bicyclic) bond motifs is 2. The van der Waals surface area contributed by atoms with E-state index in [0.29, 0.717) is 17.4 Å². The van der Waals surface area contributed by atoms with Crippen molar-refractivity contribution in [2.24, 2.45) is 17.8 Å². The standard InChI is InChI=1S/C17H34O4Si2/c1-17(2,3)22(6,7)21-16(18)14-10-13-9-12(14)11-15(13)23(8,19-4)20-5/h12-15H,9-11H2,1-8H3. The quantitative estimate of drug-likeness (QED) is 0.687. The highest BCUT2D eigenvalue weighted by Crippen LogP contribution is 2.58. The largest absolute Gasteiger partial charge is 0.519 e. The molecule has 4 atom stereocenters. The lowest BCUT2D eigenvalue weighted by atomic mass is 9.89. The van der Waals surface area contributed by atoms with E-state index < -0.39 is 16.9 Å². The van der Waals surface area contributed by atoms with Gasteiger partial charge in [0.05, 0.1) is 5.92 Å². The Labute approximate surface area is 143 Å². The summed E-state index contributed by atoms with van der Waals surface area (Å²) < 4.78 is 17.6. The van der Waals surface area contributed by atoms with Crippen molar-refractivity contribution in [2.75, 3.05) is 14.2 Å². The summed E-state index contributed by atoms with van der Waals surface area (Å²) in [7, 11) is -0.586. The van der Waals surface area contributed by atoms with Gasteiger partial charge in [-0.25, -0.2) is 0 Å². The number of rotatable bonds is 5. The molecule has 2 saturated carbocycles. The molecule has 2 fully saturated rings. The van der Waals surface area contributed by atoms with E-state index in [9.17, 15) is 4.79 Å². The summed E-state index contributed by atoms with van der Waals surface area (Å²) in [6.45, 7) is 13.0. The average Bonchev–Trinajstić information content (AvgIpc) is 3.05. The molecule has 0 spiro atoms. The molecule has 6 heteroatoms. The van der Waals surface area contributed by atoms with E-state index in [1.54, 1.807) is 14.2 Å². The summed E-state index contributed by atoms with van der Waals surface area (Å²) in [4.78, 5) is 12.8. The summed E-state index contributed by atoms with van der Waals surface area (Å²) in [6.07, 6.45) is 3.15. The minimum atomic E-state index is -2.10. The van der Waals surface area contributed by atoms with Gasteiger partial charge in [-0.1, -0.05) is 20.8 Å². The van der Waals surface area contributed by atoms with Gasteiger partial charge in [0.15, 0.2) is 0 Å². The predicted molar refractivity (Wildman–Crippen MR) is 97.0 cm³/mol. The van der Waals surface area contributed by atoms with Crippen LogP contribution >= 0.6 is 0 Å². The van der Waals surface area contributed by atoms with Crippen LogP contribution in [0.2, 0.25) is 30.2 Å². The summed E-state index contributed by atoms with van der Waals surface area (Å²) in [5, 5.41) is 0.0698. The number of hydrogen-bond donors (Lipinski definition) is 0. The van der Waals surface area contributed by atoms with Crippen LogP contribution in [0.4, 0.5) is 0 Å². The molecule has 2 bridgehead atoms. The fourth-order valence-electron chi connectivity index (χ4n) is 4.07. The van der Waals surface area contributed by atoms with Gasteiger partial charge in [-0.3, -0.25) is 4.79 Å². The maximum absolute atomic E-state index is 12.8. The second kappa shape index (κ2) is 6.28. The van der Waals surface area contributed by atoms with Crippen molar-refractivity contribution in [1.29, 1.82) is 0 Å². The first-order valence-electron chi connectivity index (χ1n) is 8.78. The van der Waals surface area contributed by atoms with Gasteiger partial charge in [-0.05, 0) is 55.8 Å². The van der Waals surface area contributed by atoms with Crippen LogP contribution in [0.1, 0.15) is 40.0 Å². The van der Waals surface area contributed by atoms with Crippen molar-refractivity contribution in [2.45, 2.75) is 70.3 Å². The topological polar surface area (TPSA) is 44.8 Å². The second-order valence-electron chi connectivity index (χ2n) is 9.05. The molecule has 2 rings (SSSR count). The fourth-order valence-corrected chi connectivity index (χ4v) is 7.66. The number of carbonyl (C=O) groups excluding carboxylic acids is 1. The van der Waals surface area contributed by atoms with E-state index in [1.807, 2.05) is 0 Å².